The third-order valence-corrected chi connectivity index (χ3v) is 7.60. The van der Waals surface area contributed by atoms with Crippen LogP contribution < -0.4 is 10.7 Å². The van der Waals surface area contributed by atoms with Gasteiger partial charge in [-0.25, -0.2) is 13.2 Å². The van der Waals surface area contributed by atoms with E-state index < -0.39 is 15.8 Å². The molecule has 10 heteroatoms. The normalized spacial score (nSPS) is 15.0. The first-order chi connectivity index (χ1) is 15.1. The average Bonchev–Trinajstić information content (AvgIpc) is 3.14. The van der Waals surface area contributed by atoms with Gasteiger partial charge < -0.3 is 14.2 Å². The van der Waals surface area contributed by atoms with Crippen molar-refractivity contribution in [3.8, 4) is 0 Å². The molecule has 0 radical (unpaired) electrons. The second kappa shape index (κ2) is 8.44. The van der Waals surface area contributed by atoms with Gasteiger partial charge in [0.15, 0.2) is 5.58 Å². The Morgan fingerprint density at radius 2 is 1.81 bits per heavy atom. The molecule has 32 heavy (non-hydrogen) atoms. The lowest BCUT2D eigenvalue weighted by Gasteiger charge is -2.37. The molecule has 9 nitrogen and oxygen atoms in total. The van der Waals surface area contributed by atoms with Crippen LogP contribution in [-0.2, 0) is 14.8 Å². The number of oxazole rings is 1. The van der Waals surface area contributed by atoms with Gasteiger partial charge in [0, 0.05) is 45.0 Å². The molecule has 1 N–H and O–H groups in total. The highest BCUT2D eigenvalue weighted by atomic mass is 32.2. The number of hydrogen-bond acceptors (Lipinski definition) is 6. The Labute approximate surface area is 186 Å². The maximum atomic E-state index is 12.9. The summed E-state index contributed by atoms with van der Waals surface area (Å²) >= 11 is 0. The summed E-state index contributed by atoms with van der Waals surface area (Å²) in [5, 5.41) is 0. The summed E-state index contributed by atoms with van der Waals surface area (Å²) in [4.78, 5) is 30.5. The lowest BCUT2D eigenvalue weighted by molar-refractivity contribution is -0.131. The van der Waals surface area contributed by atoms with Crippen LogP contribution in [0, 0.1) is 13.8 Å². The van der Waals surface area contributed by atoms with Crippen molar-refractivity contribution < 1.29 is 17.6 Å². The summed E-state index contributed by atoms with van der Waals surface area (Å²) in [5.41, 5.74) is 4.11. The number of carbonyl (C=O) groups excluding carboxylic acids is 1. The zero-order valence-corrected chi connectivity index (χ0v) is 19.1. The summed E-state index contributed by atoms with van der Waals surface area (Å²) in [5.74, 6) is -0.899. The molecule has 1 amide bonds. The van der Waals surface area contributed by atoms with Crippen molar-refractivity contribution in [1.29, 1.82) is 0 Å². The zero-order valence-electron chi connectivity index (χ0n) is 18.3. The molecule has 0 saturated carbocycles. The molecule has 1 aliphatic heterocycles. The van der Waals surface area contributed by atoms with Gasteiger partial charge in [-0.1, -0.05) is 12.1 Å². The average molecular weight is 459 g/mol. The van der Waals surface area contributed by atoms with E-state index in [0.717, 1.165) is 4.31 Å². The molecule has 2 heterocycles. The lowest BCUT2D eigenvalue weighted by atomic mass is 10.1. The van der Waals surface area contributed by atoms with Crippen LogP contribution in [0.15, 0.2) is 50.5 Å². The first-order valence-corrected chi connectivity index (χ1v) is 11.8. The van der Waals surface area contributed by atoms with E-state index in [2.05, 4.69) is 41.9 Å². The number of amides is 1. The maximum absolute atomic E-state index is 12.9. The number of H-pyrrole nitrogens is 1. The maximum Gasteiger partial charge on any atom is 0.417 e. The Morgan fingerprint density at radius 1 is 1.09 bits per heavy atom. The van der Waals surface area contributed by atoms with Crippen molar-refractivity contribution in [3.63, 3.8) is 0 Å². The minimum atomic E-state index is -3.92. The monoisotopic (exact) mass is 458 g/mol. The lowest BCUT2D eigenvalue weighted by Crippen LogP contribution is -2.51. The predicted molar refractivity (Wildman–Crippen MR) is 121 cm³/mol. The van der Waals surface area contributed by atoms with Gasteiger partial charge in [0.1, 0.15) is 0 Å². The van der Waals surface area contributed by atoms with Gasteiger partial charge >= 0.3 is 5.76 Å². The molecule has 0 spiro atoms. The number of fused-ring (bicyclic) bond motifs is 1. The summed E-state index contributed by atoms with van der Waals surface area (Å²) in [6, 6.07) is 10.5. The fourth-order valence-corrected chi connectivity index (χ4v) is 5.03. The molecule has 1 saturated heterocycles. The molecule has 3 aromatic rings. The Balaban J connectivity index is 1.41. The molecule has 170 valence electrons. The number of rotatable bonds is 5. The number of sulfonamides is 1. The van der Waals surface area contributed by atoms with E-state index in [9.17, 15) is 18.0 Å². The van der Waals surface area contributed by atoms with Crippen LogP contribution >= 0.6 is 0 Å². The number of carbonyl (C=O) groups is 1. The number of nitrogens with zero attached hydrogens (tertiary/aromatic N) is 3. The van der Waals surface area contributed by atoms with Crippen molar-refractivity contribution in [3.05, 3.63) is 58.1 Å². The van der Waals surface area contributed by atoms with E-state index in [1.165, 1.54) is 42.1 Å². The largest absolute Gasteiger partial charge is 0.417 e. The van der Waals surface area contributed by atoms with Gasteiger partial charge in [-0.05, 0) is 43.2 Å². The minimum Gasteiger partial charge on any atom is -0.408 e. The molecule has 1 fully saturated rings. The number of anilines is 1. The summed E-state index contributed by atoms with van der Waals surface area (Å²) in [6.45, 7) is 6.30. The third-order valence-electron chi connectivity index (χ3n) is 5.80. The van der Waals surface area contributed by atoms with Gasteiger partial charge in [-0.3, -0.25) is 9.78 Å². The Hall–Kier alpha value is -3.11. The van der Waals surface area contributed by atoms with Gasteiger partial charge in [0.05, 0.1) is 17.0 Å². The molecular formula is C22H26N4O5S. The Morgan fingerprint density at radius 3 is 2.53 bits per heavy atom. The van der Waals surface area contributed by atoms with Crippen LogP contribution in [-0.4, -0.2) is 68.3 Å². The SMILES string of the molecule is Cc1ccc(C)c(N2CCN(C(=O)CN(C)S(=O)(=O)c3ccc4[nH]c(=O)oc4c3)CC2)c1. The van der Waals surface area contributed by atoms with Crippen molar-refractivity contribution in [2.24, 2.45) is 0 Å². The highest BCUT2D eigenvalue weighted by Crippen LogP contribution is 2.23. The molecule has 0 aliphatic carbocycles. The molecule has 4 rings (SSSR count). The van der Waals surface area contributed by atoms with Crippen molar-refractivity contribution >= 4 is 32.7 Å². The van der Waals surface area contributed by atoms with Gasteiger partial charge in [0.25, 0.3) is 0 Å². The summed E-state index contributed by atoms with van der Waals surface area (Å²) < 4.78 is 31.8. The van der Waals surface area contributed by atoms with Crippen molar-refractivity contribution in [2.75, 3.05) is 44.7 Å². The van der Waals surface area contributed by atoms with E-state index >= 15 is 0 Å². The summed E-state index contributed by atoms with van der Waals surface area (Å²) in [6.07, 6.45) is 0. The van der Waals surface area contributed by atoms with E-state index in [0.29, 0.717) is 31.7 Å². The number of nitrogens with one attached hydrogen (secondary N) is 1. The fourth-order valence-electron chi connectivity index (χ4n) is 3.90. The molecule has 0 unspecified atom stereocenters. The smallest absolute Gasteiger partial charge is 0.408 e. The van der Waals surface area contributed by atoms with Crippen molar-refractivity contribution in [2.45, 2.75) is 18.7 Å². The summed E-state index contributed by atoms with van der Waals surface area (Å²) in [7, 11) is -2.55. The topological polar surface area (TPSA) is 107 Å². The van der Waals surface area contributed by atoms with Crippen LogP contribution in [0.25, 0.3) is 11.1 Å². The van der Waals surface area contributed by atoms with Gasteiger partial charge in [-0.2, -0.15) is 4.31 Å². The van der Waals surface area contributed by atoms with Gasteiger partial charge in [0.2, 0.25) is 15.9 Å². The molecule has 2 aromatic carbocycles. The number of likely N-dealkylation sites (N-methyl/N-ethyl adjacent to an activating group) is 1. The standard InChI is InChI=1S/C22H26N4O5S/c1-15-4-5-16(2)19(12-15)25-8-10-26(11-9-25)21(27)14-24(3)32(29,30)17-6-7-18-20(13-17)31-22(28)23-18/h4-7,12-13H,8-11,14H2,1-3H3,(H,23,28). The van der Waals surface area contributed by atoms with Gasteiger partial charge in [-0.15, -0.1) is 0 Å². The van der Waals surface area contributed by atoms with Crippen LogP contribution in [0.3, 0.4) is 0 Å². The Bertz CT molecular complexity index is 1320. The van der Waals surface area contributed by atoms with Crippen LogP contribution in [0.1, 0.15) is 11.1 Å². The number of hydrogen-bond donors (Lipinski definition) is 1. The van der Waals surface area contributed by atoms with Crippen molar-refractivity contribution in [1.82, 2.24) is 14.2 Å². The number of aromatic amines is 1. The zero-order chi connectivity index (χ0) is 23.0. The fraction of sp³-hybridized carbons (Fsp3) is 0.364. The highest BCUT2D eigenvalue weighted by Gasteiger charge is 2.28. The highest BCUT2D eigenvalue weighted by molar-refractivity contribution is 7.89. The number of benzene rings is 2. The van der Waals surface area contributed by atoms with E-state index in [1.807, 2.05) is 0 Å². The first kappa shape index (κ1) is 22.1. The van der Waals surface area contributed by atoms with E-state index in [4.69, 9.17) is 4.42 Å². The Kier molecular flexibility index (Phi) is 5.83. The molecule has 1 aromatic heterocycles. The minimum absolute atomic E-state index is 0.0391. The molecule has 0 bridgehead atoms. The second-order valence-corrected chi connectivity index (χ2v) is 10.1. The quantitative estimate of drug-likeness (QED) is 0.624. The second-order valence-electron chi connectivity index (χ2n) is 8.09. The third kappa shape index (κ3) is 4.28. The number of aromatic nitrogens is 1. The van der Waals surface area contributed by atoms with E-state index in [1.54, 1.807) is 4.90 Å². The van der Waals surface area contributed by atoms with Crippen LogP contribution in [0.5, 0.6) is 0 Å². The number of aryl methyl sites for hydroxylation is 2. The predicted octanol–water partition coefficient (Wildman–Crippen LogP) is 1.71. The number of piperazine rings is 1. The molecular weight excluding hydrogens is 432 g/mol. The van der Waals surface area contributed by atoms with Crippen LogP contribution in [0.2, 0.25) is 0 Å². The van der Waals surface area contributed by atoms with E-state index in [-0.39, 0.29) is 22.9 Å². The molecule has 0 atom stereocenters. The first-order valence-electron chi connectivity index (χ1n) is 10.3. The molecule has 1 aliphatic rings. The van der Waals surface area contributed by atoms with Crippen LogP contribution in [0.4, 0.5) is 5.69 Å².